The zero-order valence-electron chi connectivity index (χ0n) is 14.8. The molecular weight excluding hydrogens is 352 g/mol. The Kier molecular flexibility index (Phi) is 4.82. The van der Waals surface area contributed by atoms with Crippen molar-refractivity contribution in [3.05, 3.63) is 46.3 Å². The van der Waals surface area contributed by atoms with Gasteiger partial charge in [-0.05, 0) is 12.1 Å². The van der Waals surface area contributed by atoms with E-state index in [1.165, 1.54) is 16.3 Å². The molecule has 0 saturated carbocycles. The van der Waals surface area contributed by atoms with Gasteiger partial charge in [0.05, 0.1) is 16.7 Å². The Bertz CT molecular complexity index is 1020. The number of para-hydroxylation sites is 1. The fraction of sp³-hybridized carbons (Fsp3) is 0.353. The number of aromatic amines is 1. The lowest BCUT2D eigenvalue weighted by Gasteiger charge is -2.13. The molecule has 0 atom stereocenters. The molecular formula is C17H20N6O2S. The predicted molar refractivity (Wildman–Crippen MR) is 99.8 cm³/mol. The fourth-order valence-electron chi connectivity index (χ4n) is 2.42. The van der Waals surface area contributed by atoms with Crippen molar-refractivity contribution in [2.24, 2.45) is 5.73 Å². The molecule has 0 spiro atoms. The topological polar surface area (TPSA) is 120 Å². The van der Waals surface area contributed by atoms with Crippen LogP contribution in [0.15, 0.2) is 34.2 Å². The molecule has 26 heavy (non-hydrogen) atoms. The highest BCUT2D eigenvalue weighted by atomic mass is 32.2. The number of aromatic nitrogens is 5. The summed E-state index contributed by atoms with van der Waals surface area (Å²) in [5.41, 5.74) is 5.46. The Labute approximate surface area is 154 Å². The number of amides is 1. The van der Waals surface area contributed by atoms with Crippen LogP contribution in [-0.2, 0) is 22.5 Å². The first-order chi connectivity index (χ1) is 12.3. The Morgan fingerprint density at radius 2 is 2.00 bits per heavy atom. The highest BCUT2D eigenvalue weighted by Crippen LogP contribution is 2.23. The molecule has 0 aliphatic carbocycles. The van der Waals surface area contributed by atoms with Crippen LogP contribution in [-0.4, -0.2) is 30.6 Å². The van der Waals surface area contributed by atoms with Gasteiger partial charge in [-0.25, -0.2) is 9.97 Å². The second-order valence-electron chi connectivity index (χ2n) is 6.91. The van der Waals surface area contributed by atoms with Crippen molar-refractivity contribution in [1.29, 1.82) is 0 Å². The van der Waals surface area contributed by atoms with Gasteiger partial charge in [-0.2, -0.15) is 0 Å². The fourth-order valence-corrected chi connectivity index (χ4v) is 3.16. The number of H-pyrrole nitrogens is 1. The molecule has 2 heterocycles. The molecule has 0 radical (unpaired) electrons. The minimum absolute atomic E-state index is 0.138. The van der Waals surface area contributed by atoms with Gasteiger partial charge in [-0.3, -0.25) is 19.3 Å². The van der Waals surface area contributed by atoms with E-state index in [1.807, 2.05) is 26.8 Å². The molecule has 1 amide bonds. The number of carbonyl (C=O) groups excluding carboxylic acids is 1. The van der Waals surface area contributed by atoms with Gasteiger partial charge in [-0.15, -0.1) is 5.10 Å². The number of hydrogen-bond donors (Lipinski definition) is 2. The van der Waals surface area contributed by atoms with E-state index in [-0.39, 0.29) is 17.5 Å². The summed E-state index contributed by atoms with van der Waals surface area (Å²) in [6.07, 6.45) is 0. The molecule has 8 nitrogen and oxygen atoms in total. The van der Waals surface area contributed by atoms with Crippen LogP contribution in [0.25, 0.3) is 10.9 Å². The van der Waals surface area contributed by atoms with Crippen molar-refractivity contribution in [3.8, 4) is 0 Å². The minimum atomic E-state index is -0.594. The van der Waals surface area contributed by atoms with Gasteiger partial charge in [0.15, 0.2) is 0 Å². The number of thioether (sulfide) groups is 1. The summed E-state index contributed by atoms with van der Waals surface area (Å²) in [5, 5.41) is 8.13. The van der Waals surface area contributed by atoms with E-state index < -0.39 is 5.91 Å². The van der Waals surface area contributed by atoms with Crippen LogP contribution in [0.5, 0.6) is 0 Å². The second-order valence-corrected chi connectivity index (χ2v) is 7.85. The van der Waals surface area contributed by atoms with E-state index in [1.54, 1.807) is 18.2 Å². The van der Waals surface area contributed by atoms with E-state index in [4.69, 9.17) is 5.73 Å². The average Bonchev–Trinajstić information content (AvgIpc) is 3.05. The lowest BCUT2D eigenvalue weighted by atomic mass is 9.96. The van der Waals surface area contributed by atoms with E-state index in [0.29, 0.717) is 27.6 Å². The normalized spacial score (nSPS) is 11.8. The number of nitrogens with zero attached hydrogens (tertiary/aromatic N) is 4. The molecule has 1 aromatic carbocycles. The summed E-state index contributed by atoms with van der Waals surface area (Å²) in [7, 11) is 0. The van der Waals surface area contributed by atoms with Gasteiger partial charge in [0.1, 0.15) is 18.2 Å². The largest absolute Gasteiger partial charge is 0.368 e. The zero-order chi connectivity index (χ0) is 18.9. The van der Waals surface area contributed by atoms with Crippen molar-refractivity contribution in [3.63, 3.8) is 0 Å². The Morgan fingerprint density at radius 3 is 2.65 bits per heavy atom. The van der Waals surface area contributed by atoms with Gasteiger partial charge in [0, 0.05) is 5.41 Å². The molecule has 9 heteroatoms. The maximum Gasteiger partial charge on any atom is 0.261 e. The number of rotatable bonds is 5. The highest BCUT2D eigenvalue weighted by Gasteiger charge is 2.19. The first-order valence-electron chi connectivity index (χ1n) is 8.08. The molecule has 0 unspecified atom stereocenters. The van der Waals surface area contributed by atoms with Crippen molar-refractivity contribution in [2.45, 2.75) is 43.6 Å². The summed E-state index contributed by atoms with van der Waals surface area (Å²) < 4.78 is 1.31. The van der Waals surface area contributed by atoms with Crippen LogP contribution in [0.2, 0.25) is 0 Å². The second kappa shape index (κ2) is 6.91. The third-order valence-corrected chi connectivity index (χ3v) is 4.60. The molecule has 0 aliphatic rings. The van der Waals surface area contributed by atoms with Crippen molar-refractivity contribution >= 4 is 28.6 Å². The summed E-state index contributed by atoms with van der Waals surface area (Å²) in [5.74, 6) is 0.985. The molecule has 136 valence electrons. The lowest BCUT2D eigenvalue weighted by Crippen LogP contribution is -2.31. The van der Waals surface area contributed by atoms with E-state index >= 15 is 0 Å². The molecule has 0 bridgehead atoms. The molecule has 3 rings (SSSR count). The van der Waals surface area contributed by atoms with E-state index in [9.17, 15) is 9.59 Å². The van der Waals surface area contributed by atoms with Crippen molar-refractivity contribution < 1.29 is 4.79 Å². The van der Waals surface area contributed by atoms with Crippen LogP contribution < -0.4 is 11.3 Å². The number of nitrogens with one attached hydrogen (secondary N) is 1. The molecule has 0 saturated heterocycles. The molecule has 2 aromatic heterocycles. The summed E-state index contributed by atoms with van der Waals surface area (Å²) in [6, 6.07) is 7.03. The molecule has 3 N–H and O–H groups in total. The maximum absolute atomic E-state index is 12.7. The number of fused-ring (bicyclic) bond motifs is 1. The predicted octanol–water partition coefficient (Wildman–Crippen LogP) is 1.59. The number of carbonyl (C=O) groups is 1. The van der Waals surface area contributed by atoms with Crippen LogP contribution >= 0.6 is 11.8 Å². The quantitative estimate of drug-likeness (QED) is 0.656. The average molecular weight is 372 g/mol. The van der Waals surface area contributed by atoms with E-state index in [2.05, 4.69) is 20.2 Å². The third kappa shape index (κ3) is 3.77. The van der Waals surface area contributed by atoms with Gasteiger partial charge in [0.25, 0.3) is 5.56 Å². The van der Waals surface area contributed by atoms with E-state index in [0.717, 1.165) is 5.82 Å². The van der Waals surface area contributed by atoms with Crippen LogP contribution in [0, 0.1) is 0 Å². The first-order valence-corrected chi connectivity index (χ1v) is 9.06. The smallest absolute Gasteiger partial charge is 0.261 e. The van der Waals surface area contributed by atoms with Gasteiger partial charge in [-0.1, -0.05) is 44.7 Å². The van der Waals surface area contributed by atoms with Crippen molar-refractivity contribution in [2.75, 3.05) is 0 Å². The summed E-state index contributed by atoms with van der Waals surface area (Å²) in [4.78, 5) is 33.1. The highest BCUT2D eigenvalue weighted by molar-refractivity contribution is 7.98. The molecule has 3 aromatic rings. The maximum atomic E-state index is 12.7. The Hall–Kier alpha value is -2.68. The lowest BCUT2D eigenvalue weighted by molar-refractivity contribution is -0.118. The van der Waals surface area contributed by atoms with Crippen LogP contribution in [0.4, 0.5) is 0 Å². The number of primary amides is 1. The standard InChI is InChI=1S/C17H20N6O2S/c1-17(2,3)15-20-16(22-21-15)26-9-13-19-11-7-5-4-6-10(11)14(25)23(13)8-12(18)24/h4-7H,8-9H2,1-3H3,(H2,18,24)(H,20,21,22). The SMILES string of the molecule is CC(C)(C)c1nc(SCc2nc3ccccc3c(=O)n2CC(N)=O)n[nH]1. The molecule has 0 aliphatic heterocycles. The van der Waals surface area contributed by atoms with Crippen LogP contribution in [0.1, 0.15) is 32.4 Å². The Morgan fingerprint density at radius 1 is 1.27 bits per heavy atom. The number of hydrogen-bond acceptors (Lipinski definition) is 6. The number of benzene rings is 1. The van der Waals surface area contributed by atoms with Gasteiger partial charge in [0.2, 0.25) is 11.1 Å². The van der Waals surface area contributed by atoms with Gasteiger partial charge < -0.3 is 5.73 Å². The minimum Gasteiger partial charge on any atom is -0.368 e. The van der Waals surface area contributed by atoms with Crippen LogP contribution in [0.3, 0.4) is 0 Å². The van der Waals surface area contributed by atoms with Crippen molar-refractivity contribution in [1.82, 2.24) is 24.7 Å². The third-order valence-electron chi connectivity index (χ3n) is 3.76. The van der Waals surface area contributed by atoms with Gasteiger partial charge >= 0.3 is 0 Å². The monoisotopic (exact) mass is 372 g/mol. The first kappa shape index (κ1) is 18.1. The Balaban J connectivity index is 1.94. The zero-order valence-corrected chi connectivity index (χ0v) is 15.6. The summed E-state index contributed by atoms with van der Waals surface area (Å²) >= 11 is 1.34. The summed E-state index contributed by atoms with van der Waals surface area (Å²) in [6.45, 7) is 5.90. The number of nitrogens with two attached hydrogens (primary N) is 1. The molecule has 0 fully saturated rings.